The van der Waals surface area contributed by atoms with Gasteiger partial charge in [0.05, 0.1) is 25.8 Å². The molecule has 0 aromatic carbocycles. The lowest BCUT2D eigenvalue weighted by Gasteiger charge is -2.14. The number of anilines is 1. The highest BCUT2D eigenvalue weighted by molar-refractivity contribution is 5.82. The van der Waals surface area contributed by atoms with Gasteiger partial charge >= 0.3 is 0 Å². The van der Waals surface area contributed by atoms with Gasteiger partial charge in [-0.2, -0.15) is 0 Å². The maximum atomic E-state index is 13.2. The smallest absolute Gasteiger partial charge is 0.293 e. The van der Waals surface area contributed by atoms with Crippen molar-refractivity contribution in [1.29, 1.82) is 0 Å². The Morgan fingerprint density at radius 2 is 1.94 bits per heavy atom. The van der Waals surface area contributed by atoms with E-state index in [4.69, 9.17) is 9.47 Å². The molecule has 1 amide bonds. The van der Waals surface area contributed by atoms with Gasteiger partial charge in [-0.1, -0.05) is 6.92 Å². The van der Waals surface area contributed by atoms with Gasteiger partial charge in [-0.15, -0.1) is 0 Å². The molecule has 0 aliphatic heterocycles. The summed E-state index contributed by atoms with van der Waals surface area (Å²) in [7, 11) is 1.56. The first-order valence-corrected chi connectivity index (χ1v) is 10.9. The molecule has 0 fully saturated rings. The van der Waals surface area contributed by atoms with E-state index in [1.807, 2.05) is 32.9 Å². The number of methoxy groups -OCH3 is 1. The first kappa shape index (κ1) is 24.1. The van der Waals surface area contributed by atoms with E-state index in [-0.39, 0.29) is 29.9 Å². The average molecular weight is 455 g/mol. The van der Waals surface area contributed by atoms with E-state index >= 15 is 0 Å². The quantitative estimate of drug-likeness (QED) is 0.423. The topological polar surface area (TPSA) is 120 Å². The van der Waals surface area contributed by atoms with Crippen molar-refractivity contribution >= 4 is 22.9 Å². The molecule has 33 heavy (non-hydrogen) atoms. The number of carbonyl (C=O) groups is 1. The number of fused-ring (bicyclic) bond motifs is 1. The van der Waals surface area contributed by atoms with Crippen molar-refractivity contribution in [2.24, 2.45) is 0 Å². The fourth-order valence-corrected chi connectivity index (χ4v) is 3.23. The normalized spacial score (nSPS) is 11.1. The Morgan fingerprint density at radius 1 is 1.15 bits per heavy atom. The van der Waals surface area contributed by atoms with Gasteiger partial charge in [-0.3, -0.25) is 14.2 Å². The number of ether oxygens (including phenoxy) is 2. The molecule has 0 spiro atoms. The Kier molecular flexibility index (Phi) is 8.31. The monoisotopic (exact) mass is 454 g/mol. The van der Waals surface area contributed by atoms with Gasteiger partial charge in [0.15, 0.2) is 11.5 Å². The minimum absolute atomic E-state index is 0.00349. The summed E-state index contributed by atoms with van der Waals surface area (Å²) in [5.74, 6) is 0.360. The number of amides is 1. The molecule has 2 N–H and O–H groups in total. The fourth-order valence-electron chi connectivity index (χ4n) is 3.23. The van der Waals surface area contributed by atoms with Gasteiger partial charge in [-0.25, -0.2) is 15.0 Å². The zero-order chi connectivity index (χ0) is 23.8. The summed E-state index contributed by atoms with van der Waals surface area (Å²) >= 11 is 0. The van der Waals surface area contributed by atoms with Crippen LogP contribution in [0.15, 0.2) is 35.4 Å². The Balaban J connectivity index is 1.97. The first-order valence-electron chi connectivity index (χ1n) is 10.9. The minimum Gasteiger partial charge on any atom is -0.481 e. The molecule has 0 bridgehead atoms. The Hall–Kier alpha value is -3.53. The van der Waals surface area contributed by atoms with Crippen LogP contribution in [-0.4, -0.2) is 58.3 Å². The molecule has 0 aliphatic rings. The molecule has 0 atom stereocenters. The van der Waals surface area contributed by atoms with Gasteiger partial charge in [0.25, 0.3) is 5.56 Å². The molecule has 3 aromatic rings. The standard InChI is InChI=1S/C23H30N6O4/c1-5-9-33-10-8-29-18-11-17(16-6-7-20(32-4)24-12-16)13-25-21(18)28-22(23(29)31)26-14-19(30)27-15(2)3/h6-7,11-13,15H,5,8-10,14H2,1-4H3,(H,27,30)(H,25,26,28). The highest BCUT2D eigenvalue weighted by atomic mass is 16.5. The molecule has 176 valence electrons. The van der Waals surface area contributed by atoms with Crippen molar-refractivity contribution in [2.45, 2.75) is 39.8 Å². The predicted molar refractivity (Wildman–Crippen MR) is 126 cm³/mol. The lowest BCUT2D eigenvalue weighted by molar-refractivity contribution is -0.119. The number of nitrogens with zero attached hydrogens (tertiary/aromatic N) is 4. The lowest BCUT2D eigenvalue weighted by Crippen LogP contribution is -2.36. The van der Waals surface area contributed by atoms with Crippen LogP contribution in [-0.2, 0) is 16.1 Å². The molecular formula is C23H30N6O4. The van der Waals surface area contributed by atoms with Crippen molar-refractivity contribution in [3.8, 4) is 17.0 Å². The molecule has 3 rings (SSSR count). The first-order chi connectivity index (χ1) is 15.9. The molecule has 10 heteroatoms. The summed E-state index contributed by atoms with van der Waals surface area (Å²) in [5.41, 5.74) is 2.25. The van der Waals surface area contributed by atoms with Crippen molar-refractivity contribution < 1.29 is 14.3 Å². The largest absolute Gasteiger partial charge is 0.481 e. The second-order valence-corrected chi connectivity index (χ2v) is 7.76. The third-order valence-corrected chi connectivity index (χ3v) is 4.76. The predicted octanol–water partition coefficient (Wildman–Crippen LogP) is 2.23. The van der Waals surface area contributed by atoms with Gasteiger partial charge in [0.2, 0.25) is 11.8 Å². The van der Waals surface area contributed by atoms with Crippen LogP contribution in [0.5, 0.6) is 5.88 Å². The third-order valence-electron chi connectivity index (χ3n) is 4.76. The van der Waals surface area contributed by atoms with Crippen LogP contribution in [0.25, 0.3) is 22.3 Å². The number of pyridine rings is 2. The second-order valence-electron chi connectivity index (χ2n) is 7.76. The minimum atomic E-state index is -0.341. The number of rotatable bonds is 11. The highest BCUT2D eigenvalue weighted by Crippen LogP contribution is 2.23. The van der Waals surface area contributed by atoms with Crippen molar-refractivity contribution in [2.75, 3.05) is 32.2 Å². The van der Waals surface area contributed by atoms with E-state index in [0.717, 1.165) is 17.5 Å². The zero-order valence-corrected chi connectivity index (χ0v) is 19.4. The van der Waals surface area contributed by atoms with E-state index in [0.29, 0.717) is 36.8 Å². The van der Waals surface area contributed by atoms with E-state index in [2.05, 4.69) is 25.6 Å². The molecule has 3 aromatic heterocycles. The van der Waals surface area contributed by atoms with Crippen LogP contribution >= 0.6 is 0 Å². The molecule has 0 aliphatic carbocycles. The number of aromatic nitrogens is 4. The summed E-state index contributed by atoms with van der Waals surface area (Å²) in [6.07, 6.45) is 4.25. The molecule has 0 unspecified atom stereocenters. The third kappa shape index (κ3) is 6.26. The number of nitrogens with one attached hydrogen (secondary N) is 2. The molecule has 3 heterocycles. The summed E-state index contributed by atoms with van der Waals surface area (Å²) in [5, 5.41) is 5.63. The Bertz CT molecular complexity index is 1140. The van der Waals surface area contributed by atoms with Crippen molar-refractivity contribution in [3.63, 3.8) is 0 Å². The van der Waals surface area contributed by atoms with Crippen molar-refractivity contribution in [1.82, 2.24) is 24.8 Å². The van der Waals surface area contributed by atoms with Crippen LogP contribution < -0.4 is 20.9 Å². The number of hydrogen-bond donors (Lipinski definition) is 2. The van der Waals surface area contributed by atoms with Crippen molar-refractivity contribution in [3.05, 3.63) is 40.9 Å². The molecular weight excluding hydrogens is 424 g/mol. The van der Waals surface area contributed by atoms with Gasteiger partial charge < -0.3 is 20.1 Å². The summed E-state index contributed by atoms with van der Waals surface area (Å²) in [6, 6.07) is 5.50. The maximum Gasteiger partial charge on any atom is 0.293 e. The lowest BCUT2D eigenvalue weighted by atomic mass is 10.1. The van der Waals surface area contributed by atoms with E-state index in [9.17, 15) is 9.59 Å². The van der Waals surface area contributed by atoms with Gasteiger partial charge in [-0.05, 0) is 32.4 Å². The summed E-state index contributed by atoms with van der Waals surface area (Å²) in [4.78, 5) is 38.3. The summed E-state index contributed by atoms with van der Waals surface area (Å²) in [6.45, 7) is 7.01. The Morgan fingerprint density at radius 3 is 2.61 bits per heavy atom. The highest BCUT2D eigenvalue weighted by Gasteiger charge is 2.15. The van der Waals surface area contributed by atoms with Crippen LogP contribution in [0.2, 0.25) is 0 Å². The van der Waals surface area contributed by atoms with Gasteiger partial charge in [0, 0.05) is 48.8 Å². The molecule has 10 nitrogen and oxygen atoms in total. The SMILES string of the molecule is CCCOCCn1c(=O)c(NCC(=O)NC(C)C)nc2ncc(-c3ccc(OC)nc3)cc21. The van der Waals surface area contributed by atoms with E-state index < -0.39 is 0 Å². The van der Waals surface area contributed by atoms with Crippen LogP contribution in [0.3, 0.4) is 0 Å². The van der Waals surface area contributed by atoms with Crippen LogP contribution in [0.1, 0.15) is 27.2 Å². The van der Waals surface area contributed by atoms with E-state index in [1.54, 1.807) is 30.1 Å². The second kappa shape index (κ2) is 11.4. The van der Waals surface area contributed by atoms with E-state index in [1.165, 1.54) is 0 Å². The molecule has 0 radical (unpaired) electrons. The molecule has 0 saturated carbocycles. The molecule has 0 saturated heterocycles. The van der Waals surface area contributed by atoms with Crippen LogP contribution in [0.4, 0.5) is 5.82 Å². The number of carbonyl (C=O) groups excluding carboxylic acids is 1. The summed E-state index contributed by atoms with van der Waals surface area (Å²) < 4.78 is 12.3. The Labute approximate surface area is 192 Å². The zero-order valence-electron chi connectivity index (χ0n) is 19.4. The number of hydrogen-bond acceptors (Lipinski definition) is 8. The van der Waals surface area contributed by atoms with Crippen LogP contribution in [0, 0.1) is 0 Å². The fraction of sp³-hybridized carbons (Fsp3) is 0.435. The van der Waals surface area contributed by atoms with Gasteiger partial charge in [0.1, 0.15) is 0 Å². The average Bonchev–Trinajstić information content (AvgIpc) is 2.81. The maximum absolute atomic E-state index is 13.2.